The lowest BCUT2D eigenvalue weighted by atomic mass is 10.1. The minimum Gasteiger partial charge on any atom is -0.457 e. The van der Waals surface area contributed by atoms with Gasteiger partial charge in [-0.3, -0.25) is 20.3 Å². The molecule has 0 bridgehead atoms. The topological polar surface area (TPSA) is 113 Å². The number of benzene rings is 1. The molecule has 0 radical (unpaired) electrons. The second-order valence-electron chi connectivity index (χ2n) is 5.38. The SMILES string of the molecule is N=C1SC(=Cc2ccc(-c3ccc([N+](=O)[O-])cc3)o2)C(=O)N1c1nccs1. The van der Waals surface area contributed by atoms with Crippen molar-refractivity contribution in [3.8, 4) is 11.3 Å². The summed E-state index contributed by atoms with van der Waals surface area (Å²) in [5.41, 5.74) is 0.689. The molecule has 0 aliphatic carbocycles. The number of aromatic nitrogens is 1. The highest BCUT2D eigenvalue weighted by atomic mass is 32.2. The van der Waals surface area contributed by atoms with Gasteiger partial charge in [-0.15, -0.1) is 11.3 Å². The van der Waals surface area contributed by atoms with Gasteiger partial charge in [-0.05, 0) is 36.0 Å². The van der Waals surface area contributed by atoms with Gasteiger partial charge in [0.2, 0.25) is 0 Å². The number of nitrogens with zero attached hydrogens (tertiary/aromatic N) is 3. The average molecular weight is 398 g/mol. The van der Waals surface area contributed by atoms with E-state index in [0.29, 0.717) is 27.1 Å². The predicted molar refractivity (Wildman–Crippen MR) is 104 cm³/mol. The molecule has 4 rings (SSSR count). The molecule has 0 saturated carbocycles. The van der Waals surface area contributed by atoms with Gasteiger partial charge >= 0.3 is 0 Å². The molecule has 1 fully saturated rings. The first-order valence-corrected chi connectivity index (χ1v) is 9.29. The highest BCUT2D eigenvalue weighted by Gasteiger charge is 2.35. The number of thioether (sulfide) groups is 1. The van der Waals surface area contributed by atoms with Crippen LogP contribution in [0, 0.1) is 15.5 Å². The maximum atomic E-state index is 12.6. The van der Waals surface area contributed by atoms with Crippen molar-refractivity contribution in [1.29, 1.82) is 5.41 Å². The van der Waals surface area contributed by atoms with Crippen molar-refractivity contribution in [3.63, 3.8) is 0 Å². The minimum absolute atomic E-state index is 0.00129. The fourth-order valence-electron chi connectivity index (χ4n) is 2.45. The van der Waals surface area contributed by atoms with Gasteiger partial charge in [0.05, 0.1) is 9.83 Å². The zero-order chi connectivity index (χ0) is 19.0. The highest BCUT2D eigenvalue weighted by molar-refractivity contribution is 8.19. The molecule has 1 aliphatic heterocycles. The molecule has 0 unspecified atom stereocenters. The molecule has 3 aromatic rings. The first kappa shape index (κ1) is 17.2. The quantitative estimate of drug-likeness (QED) is 0.397. The largest absolute Gasteiger partial charge is 0.457 e. The zero-order valence-electron chi connectivity index (χ0n) is 13.5. The van der Waals surface area contributed by atoms with Crippen LogP contribution in [0.4, 0.5) is 10.8 Å². The molecule has 134 valence electrons. The second kappa shape index (κ2) is 6.82. The Balaban J connectivity index is 1.58. The van der Waals surface area contributed by atoms with Gasteiger partial charge in [0, 0.05) is 35.3 Å². The molecule has 1 aromatic carbocycles. The summed E-state index contributed by atoms with van der Waals surface area (Å²) in [5.74, 6) is 0.653. The molecule has 0 spiro atoms. The third-order valence-corrected chi connectivity index (χ3v) is 5.34. The van der Waals surface area contributed by atoms with E-state index in [-0.39, 0.29) is 16.8 Å². The molecule has 1 N–H and O–H groups in total. The van der Waals surface area contributed by atoms with E-state index >= 15 is 0 Å². The van der Waals surface area contributed by atoms with Crippen LogP contribution in [0.3, 0.4) is 0 Å². The molecule has 8 nitrogen and oxygen atoms in total. The zero-order valence-corrected chi connectivity index (χ0v) is 15.1. The number of amidine groups is 1. The molecular formula is C17H10N4O4S2. The van der Waals surface area contributed by atoms with Gasteiger partial charge in [-0.1, -0.05) is 0 Å². The number of anilines is 1. The minimum atomic E-state index is -0.464. The van der Waals surface area contributed by atoms with Gasteiger partial charge < -0.3 is 4.42 Å². The molecule has 27 heavy (non-hydrogen) atoms. The number of hydrogen-bond acceptors (Lipinski definition) is 8. The van der Waals surface area contributed by atoms with Crippen LogP contribution in [0.5, 0.6) is 0 Å². The van der Waals surface area contributed by atoms with Gasteiger partial charge in [0.15, 0.2) is 10.3 Å². The Morgan fingerprint density at radius 1 is 1.22 bits per heavy atom. The van der Waals surface area contributed by atoms with Crippen LogP contribution in [0.15, 0.2) is 57.3 Å². The number of hydrogen-bond donors (Lipinski definition) is 1. The van der Waals surface area contributed by atoms with Crippen molar-refractivity contribution in [3.05, 3.63) is 68.8 Å². The number of amides is 1. The summed E-state index contributed by atoms with van der Waals surface area (Å²) in [5, 5.41) is 21.0. The van der Waals surface area contributed by atoms with Crippen LogP contribution in [-0.2, 0) is 4.79 Å². The van der Waals surface area contributed by atoms with Crippen LogP contribution in [0.2, 0.25) is 0 Å². The second-order valence-corrected chi connectivity index (χ2v) is 7.28. The lowest BCUT2D eigenvalue weighted by Gasteiger charge is -2.08. The fraction of sp³-hybridized carbons (Fsp3) is 0. The third kappa shape index (κ3) is 3.27. The van der Waals surface area contributed by atoms with E-state index in [1.54, 1.807) is 41.9 Å². The maximum Gasteiger partial charge on any atom is 0.273 e. The summed E-state index contributed by atoms with van der Waals surface area (Å²) in [4.78, 5) is 28.5. The van der Waals surface area contributed by atoms with E-state index < -0.39 is 4.92 Å². The van der Waals surface area contributed by atoms with Crippen molar-refractivity contribution in [2.45, 2.75) is 0 Å². The Hall–Kier alpha value is -3.24. The number of nitro benzene ring substituents is 1. The maximum absolute atomic E-state index is 12.6. The summed E-state index contributed by atoms with van der Waals surface area (Å²) in [6.07, 6.45) is 3.15. The predicted octanol–water partition coefficient (Wildman–Crippen LogP) is 4.37. The lowest BCUT2D eigenvalue weighted by molar-refractivity contribution is -0.384. The summed E-state index contributed by atoms with van der Waals surface area (Å²) < 4.78 is 5.73. The third-order valence-electron chi connectivity index (χ3n) is 3.70. The van der Waals surface area contributed by atoms with Crippen LogP contribution >= 0.6 is 23.1 Å². The van der Waals surface area contributed by atoms with Crippen LogP contribution < -0.4 is 4.90 Å². The molecule has 1 amide bonds. The normalized spacial score (nSPS) is 15.7. The summed E-state index contributed by atoms with van der Waals surface area (Å²) in [6, 6.07) is 9.43. The molecule has 1 saturated heterocycles. The molecular weight excluding hydrogens is 388 g/mol. The molecule has 2 aromatic heterocycles. The standard InChI is InChI=1S/C17H10N4O4S2/c18-16-20(17-19-7-8-26-17)15(22)14(27-16)9-12-5-6-13(25-12)10-1-3-11(4-2-10)21(23)24/h1-9,18H. The van der Waals surface area contributed by atoms with E-state index in [4.69, 9.17) is 9.83 Å². The Bertz CT molecular complexity index is 1070. The summed E-state index contributed by atoms with van der Waals surface area (Å²) >= 11 is 2.32. The number of rotatable bonds is 4. The van der Waals surface area contributed by atoms with Crippen LogP contribution in [-0.4, -0.2) is 21.0 Å². The van der Waals surface area contributed by atoms with Gasteiger partial charge in [0.25, 0.3) is 11.6 Å². The van der Waals surface area contributed by atoms with Gasteiger partial charge in [-0.2, -0.15) is 0 Å². The number of carbonyl (C=O) groups excluding carboxylic acids is 1. The van der Waals surface area contributed by atoms with E-state index in [0.717, 1.165) is 11.8 Å². The Labute approximate surface area is 160 Å². The van der Waals surface area contributed by atoms with Gasteiger partial charge in [-0.25, -0.2) is 9.88 Å². The monoisotopic (exact) mass is 398 g/mol. The number of furan rings is 1. The van der Waals surface area contributed by atoms with Crippen molar-refractivity contribution >= 4 is 51.1 Å². The van der Waals surface area contributed by atoms with Crippen molar-refractivity contribution in [2.24, 2.45) is 0 Å². The molecule has 10 heteroatoms. The summed E-state index contributed by atoms with van der Waals surface area (Å²) in [6.45, 7) is 0. The number of nitrogens with one attached hydrogen (secondary N) is 1. The first-order valence-electron chi connectivity index (χ1n) is 7.59. The van der Waals surface area contributed by atoms with Crippen LogP contribution in [0.1, 0.15) is 5.76 Å². The van der Waals surface area contributed by atoms with Crippen molar-refractivity contribution in [2.75, 3.05) is 4.90 Å². The molecule has 0 atom stereocenters. The Morgan fingerprint density at radius 3 is 2.67 bits per heavy atom. The lowest BCUT2D eigenvalue weighted by Crippen LogP contribution is -2.27. The average Bonchev–Trinajstić information content (AvgIpc) is 3.38. The van der Waals surface area contributed by atoms with E-state index in [9.17, 15) is 14.9 Å². The van der Waals surface area contributed by atoms with Crippen LogP contribution in [0.25, 0.3) is 17.4 Å². The Kier molecular flexibility index (Phi) is 4.34. The number of thiazole rings is 1. The highest BCUT2D eigenvalue weighted by Crippen LogP contribution is 2.36. The Morgan fingerprint density at radius 2 is 2.00 bits per heavy atom. The molecule has 1 aliphatic rings. The van der Waals surface area contributed by atoms with E-state index in [2.05, 4.69) is 4.98 Å². The van der Waals surface area contributed by atoms with E-state index in [1.807, 2.05) is 0 Å². The van der Waals surface area contributed by atoms with Crippen molar-refractivity contribution < 1.29 is 14.1 Å². The number of nitro groups is 1. The number of carbonyl (C=O) groups is 1. The smallest absolute Gasteiger partial charge is 0.273 e. The van der Waals surface area contributed by atoms with Crippen molar-refractivity contribution in [1.82, 2.24) is 4.98 Å². The van der Waals surface area contributed by atoms with E-state index in [1.165, 1.54) is 28.4 Å². The summed E-state index contributed by atoms with van der Waals surface area (Å²) in [7, 11) is 0. The first-order chi connectivity index (χ1) is 13.0. The number of non-ortho nitro benzene ring substituents is 1. The molecule has 3 heterocycles. The van der Waals surface area contributed by atoms with Gasteiger partial charge in [0.1, 0.15) is 11.5 Å². The fourth-order valence-corrected chi connectivity index (χ4v) is 3.97.